The second kappa shape index (κ2) is 8.53. The zero-order valence-electron chi connectivity index (χ0n) is 18.6. The Hall–Kier alpha value is -1.55. The Morgan fingerprint density at radius 3 is 2.20 bits per heavy atom. The highest BCUT2D eigenvalue weighted by Gasteiger charge is 2.44. The minimum Gasteiger partial charge on any atom is -0.339 e. The summed E-state index contributed by atoms with van der Waals surface area (Å²) in [5.41, 5.74) is 0.978. The monoisotopic (exact) mass is 430 g/mol. The van der Waals surface area contributed by atoms with Gasteiger partial charge in [0.15, 0.2) is 0 Å². The number of rotatable bonds is 4. The molecular formula is C25H35ClN2O2. The van der Waals surface area contributed by atoms with Crippen LogP contribution in [0.25, 0.3) is 0 Å². The van der Waals surface area contributed by atoms with Crippen molar-refractivity contribution in [3.63, 3.8) is 0 Å². The van der Waals surface area contributed by atoms with Crippen LogP contribution >= 0.6 is 11.6 Å². The van der Waals surface area contributed by atoms with Gasteiger partial charge in [0, 0.05) is 41.7 Å². The average molecular weight is 431 g/mol. The molecule has 1 aromatic carbocycles. The van der Waals surface area contributed by atoms with Crippen LogP contribution in [0.15, 0.2) is 24.3 Å². The van der Waals surface area contributed by atoms with Crippen molar-refractivity contribution in [1.82, 2.24) is 9.80 Å². The Kier molecular flexibility index (Phi) is 6.16. The number of hydrogen-bond donors (Lipinski definition) is 0. The Balaban J connectivity index is 1.39. The molecular weight excluding hydrogens is 396 g/mol. The van der Waals surface area contributed by atoms with Gasteiger partial charge in [-0.1, -0.05) is 32.4 Å². The molecule has 1 heterocycles. The van der Waals surface area contributed by atoms with Crippen molar-refractivity contribution in [3.8, 4) is 0 Å². The largest absolute Gasteiger partial charge is 0.339 e. The van der Waals surface area contributed by atoms with Crippen molar-refractivity contribution < 1.29 is 9.59 Å². The first-order chi connectivity index (χ1) is 14.2. The highest BCUT2D eigenvalue weighted by atomic mass is 35.5. The smallest absolute Gasteiger partial charge is 0.253 e. The van der Waals surface area contributed by atoms with Gasteiger partial charge in [-0.3, -0.25) is 9.59 Å². The number of piperidine rings is 1. The van der Waals surface area contributed by atoms with Gasteiger partial charge in [0.2, 0.25) is 5.91 Å². The molecule has 0 radical (unpaired) electrons. The summed E-state index contributed by atoms with van der Waals surface area (Å²) in [4.78, 5) is 30.6. The predicted molar refractivity (Wildman–Crippen MR) is 121 cm³/mol. The lowest BCUT2D eigenvalue weighted by Crippen LogP contribution is -2.51. The van der Waals surface area contributed by atoms with Gasteiger partial charge in [0.1, 0.15) is 0 Å². The number of halogens is 1. The first-order valence-electron chi connectivity index (χ1n) is 11.6. The van der Waals surface area contributed by atoms with Crippen molar-refractivity contribution in [1.29, 1.82) is 0 Å². The first kappa shape index (κ1) is 21.7. The molecule has 5 heteroatoms. The molecule has 0 aromatic heterocycles. The van der Waals surface area contributed by atoms with E-state index in [4.69, 9.17) is 11.6 Å². The minimum absolute atomic E-state index is 0.0412. The third-order valence-electron chi connectivity index (χ3n) is 7.17. The molecule has 3 aliphatic rings. The van der Waals surface area contributed by atoms with Gasteiger partial charge < -0.3 is 9.80 Å². The number of nitrogens with zero attached hydrogens (tertiary/aromatic N) is 2. The normalized spacial score (nSPS) is 27.0. The molecule has 0 bridgehead atoms. The average Bonchev–Trinajstić information content (AvgIpc) is 3.52. The van der Waals surface area contributed by atoms with Crippen LogP contribution in [0.4, 0.5) is 0 Å². The predicted octanol–water partition coefficient (Wildman–Crippen LogP) is 5.40. The summed E-state index contributed by atoms with van der Waals surface area (Å²) < 4.78 is 0. The Morgan fingerprint density at radius 2 is 1.63 bits per heavy atom. The summed E-state index contributed by atoms with van der Waals surface area (Å²) in [5, 5.41) is 0.635. The molecule has 2 aliphatic carbocycles. The number of amides is 2. The van der Waals surface area contributed by atoms with E-state index in [9.17, 15) is 9.59 Å². The minimum atomic E-state index is 0.0412. The fourth-order valence-corrected chi connectivity index (χ4v) is 5.96. The van der Waals surface area contributed by atoms with Crippen LogP contribution in [0.5, 0.6) is 0 Å². The van der Waals surface area contributed by atoms with Crippen LogP contribution in [0.2, 0.25) is 5.02 Å². The van der Waals surface area contributed by atoms with E-state index >= 15 is 0 Å². The highest BCUT2D eigenvalue weighted by molar-refractivity contribution is 6.30. The molecule has 4 nitrogen and oxygen atoms in total. The number of carbonyl (C=O) groups excluding carboxylic acids is 2. The van der Waals surface area contributed by atoms with E-state index in [0.717, 1.165) is 38.5 Å². The molecule has 164 valence electrons. The maximum absolute atomic E-state index is 13.6. The molecule has 4 rings (SSSR count). The summed E-state index contributed by atoms with van der Waals surface area (Å²) >= 11 is 5.94. The van der Waals surface area contributed by atoms with E-state index in [2.05, 4.69) is 25.7 Å². The summed E-state index contributed by atoms with van der Waals surface area (Å²) in [5.74, 6) is 1.12. The van der Waals surface area contributed by atoms with Crippen molar-refractivity contribution in [2.75, 3.05) is 13.1 Å². The van der Waals surface area contributed by atoms with Crippen LogP contribution in [0, 0.1) is 17.3 Å². The molecule has 0 unspecified atom stereocenters. The van der Waals surface area contributed by atoms with Crippen molar-refractivity contribution in [2.45, 2.75) is 77.8 Å². The molecule has 2 amide bonds. The van der Waals surface area contributed by atoms with Crippen molar-refractivity contribution in [2.24, 2.45) is 17.3 Å². The van der Waals surface area contributed by atoms with Crippen molar-refractivity contribution >= 4 is 23.4 Å². The molecule has 2 atom stereocenters. The van der Waals surface area contributed by atoms with Gasteiger partial charge >= 0.3 is 0 Å². The van der Waals surface area contributed by atoms with Gasteiger partial charge in [-0.2, -0.15) is 0 Å². The van der Waals surface area contributed by atoms with Crippen LogP contribution in [-0.4, -0.2) is 46.8 Å². The van der Waals surface area contributed by atoms with Crippen LogP contribution in [0.3, 0.4) is 0 Å². The topological polar surface area (TPSA) is 40.6 Å². The molecule has 1 aliphatic heterocycles. The lowest BCUT2D eigenvalue weighted by atomic mass is 9.70. The third-order valence-corrected chi connectivity index (χ3v) is 7.43. The second-order valence-corrected chi connectivity index (χ2v) is 11.1. The third kappa shape index (κ3) is 4.85. The molecule has 0 N–H and O–H groups in total. The summed E-state index contributed by atoms with van der Waals surface area (Å²) in [6.07, 6.45) is 7.37. The van der Waals surface area contributed by atoms with E-state index in [1.54, 1.807) is 24.3 Å². The molecule has 1 aromatic rings. The van der Waals surface area contributed by atoms with Crippen LogP contribution in [0.1, 0.15) is 76.1 Å². The highest BCUT2D eigenvalue weighted by Crippen LogP contribution is 2.44. The van der Waals surface area contributed by atoms with Crippen LogP contribution in [-0.2, 0) is 4.79 Å². The number of benzene rings is 1. The Bertz CT molecular complexity index is 779. The van der Waals surface area contributed by atoms with E-state index in [-0.39, 0.29) is 11.8 Å². The SMILES string of the molecule is C[C@@H]1C[C@H](N(C(=O)C2CCN(C(=O)c3ccc(Cl)cc3)CC2)C2CC2)CC(C)(C)C1. The fourth-order valence-electron chi connectivity index (χ4n) is 5.83. The number of hydrogen-bond acceptors (Lipinski definition) is 2. The number of carbonyl (C=O) groups is 2. The summed E-state index contributed by atoms with van der Waals surface area (Å²) in [6, 6.07) is 7.91. The quantitative estimate of drug-likeness (QED) is 0.641. The van der Waals surface area contributed by atoms with Gasteiger partial charge in [0.05, 0.1) is 0 Å². The van der Waals surface area contributed by atoms with E-state index in [1.807, 2.05) is 4.90 Å². The standard InChI is InChI=1S/C25H35ClN2O2/c1-17-14-22(16-25(2,3)15-17)28(21-8-9-21)24(30)19-10-12-27(13-11-19)23(29)18-4-6-20(26)7-5-18/h4-7,17,19,21-22H,8-16H2,1-3H3/t17-,22+/m1/s1. The Morgan fingerprint density at radius 1 is 1.00 bits per heavy atom. The summed E-state index contributed by atoms with van der Waals surface area (Å²) in [7, 11) is 0. The zero-order chi connectivity index (χ0) is 21.5. The molecule has 30 heavy (non-hydrogen) atoms. The first-order valence-corrected chi connectivity index (χ1v) is 12.0. The van der Waals surface area contributed by atoms with E-state index in [0.29, 0.717) is 53.0 Å². The maximum Gasteiger partial charge on any atom is 0.253 e. The lowest BCUT2D eigenvalue weighted by molar-refractivity contribution is -0.142. The van der Waals surface area contributed by atoms with Gasteiger partial charge in [-0.05, 0) is 80.5 Å². The van der Waals surface area contributed by atoms with E-state index < -0.39 is 0 Å². The number of likely N-dealkylation sites (tertiary alicyclic amines) is 1. The zero-order valence-corrected chi connectivity index (χ0v) is 19.3. The molecule has 2 saturated carbocycles. The Labute approximate surface area is 185 Å². The molecule has 1 saturated heterocycles. The summed E-state index contributed by atoms with van der Waals surface area (Å²) in [6.45, 7) is 8.36. The van der Waals surface area contributed by atoms with Crippen molar-refractivity contribution in [3.05, 3.63) is 34.9 Å². The van der Waals surface area contributed by atoms with Gasteiger partial charge in [-0.15, -0.1) is 0 Å². The van der Waals surface area contributed by atoms with Gasteiger partial charge in [0.25, 0.3) is 5.91 Å². The fraction of sp³-hybridized carbons (Fsp3) is 0.680. The van der Waals surface area contributed by atoms with Crippen LogP contribution < -0.4 is 0 Å². The molecule has 0 spiro atoms. The second-order valence-electron chi connectivity index (χ2n) is 10.6. The maximum atomic E-state index is 13.6. The lowest BCUT2D eigenvalue weighted by Gasteiger charge is -2.45. The van der Waals surface area contributed by atoms with E-state index in [1.165, 1.54) is 6.42 Å². The van der Waals surface area contributed by atoms with Gasteiger partial charge in [-0.25, -0.2) is 0 Å². The molecule has 3 fully saturated rings.